The van der Waals surface area contributed by atoms with Crippen molar-refractivity contribution in [2.24, 2.45) is 0 Å². The van der Waals surface area contributed by atoms with Crippen LogP contribution in [0.25, 0.3) is 0 Å². The van der Waals surface area contributed by atoms with Gasteiger partial charge in [-0.05, 0) is 51.4 Å². The van der Waals surface area contributed by atoms with Crippen LogP contribution in [0.3, 0.4) is 0 Å². The van der Waals surface area contributed by atoms with Gasteiger partial charge in [-0.25, -0.2) is 8.42 Å². The van der Waals surface area contributed by atoms with Crippen LogP contribution >= 0.6 is 0 Å². The molecule has 1 aromatic carbocycles. The summed E-state index contributed by atoms with van der Waals surface area (Å²) in [5.74, 6) is 0.212. The molecule has 0 bridgehead atoms. The Morgan fingerprint density at radius 2 is 1.87 bits per heavy atom. The van der Waals surface area contributed by atoms with E-state index in [1.807, 2.05) is 19.1 Å². The minimum Gasteiger partial charge on any atom is -0.315 e. The Hall–Kier alpha value is -0.910. The van der Waals surface area contributed by atoms with Gasteiger partial charge in [0.1, 0.15) is 0 Å². The molecule has 5 heteroatoms. The van der Waals surface area contributed by atoms with Crippen molar-refractivity contribution >= 4 is 9.84 Å². The quantitative estimate of drug-likeness (QED) is 0.782. The molecule has 2 rings (SSSR count). The monoisotopic (exact) mass is 340 g/mol. The zero-order valence-corrected chi connectivity index (χ0v) is 15.6. The molecule has 1 unspecified atom stereocenters. The summed E-state index contributed by atoms with van der Waals surface area (Å²) in [6, 6.07) is 7.58. The Morgan fingerprint density at radius 1 is 1.22 bits per heavy atom. The summed E-state index contributed by atoms with van der Waals surface area (Å²) in [5, 5.41) is 6.77. The number of hydrogen-bond acceptors (Lipinski definition) is 4. The third-order valence-corrected chi connectivity index (χ3v) is 5.52. The van der Waals surface area contributed by atoms with Crippen molar-refractivity contribution in [2.45, 2.75) is 57.4 Å². The first-order valence-electron chi connectivity index (χ1n) is 8.73. The van der Waals surface area contributed by atoms with Crippen LogP contribution in [0.4, 0.5) is 0 Å². The molecule has 4 nitrogen and oxygen atoms in total. The van der Waals surface area contributed by atoms with Crippen LogP contribution in [0.15, 0.2) is 29.2 Å². The zero-order chi connectivity index (χ0) is 17.1. The van der Waals surface area contributed by atoms with Gasteiger partial charge in [0.05, 0.1) is 10.6 Å². The van der Waals surface area contributed by atoms with E-state index < -0.39 is 9.84 Å². The maximum atomic E-state index is 12.2. The Kier molecular flexibility index (Phi) is 9.44. The van der Waals surface area contributed by atoms with Crippen molar-refractivity contribution in [1.82, 2.24) is 10.6 Å². The number of aryl methyl sites for hydroxylation is 1. The van der Waals surface area contributed by atoms with Crippen LogP contribution in [0, 0.1) is 6.92 Å². The maximum Gasteiger partial charge on any atom is 0.178 e. The molecule has 0 amide bonds. The van der Waals surface area contributed by atoms with E-state index >= 15 is 0 Å². The highest BCUT2D eigenvalue weighted by Crippen LogP contribution is 2.13. The molecule has 1 aromatic rings. The van der Waals surface area contributed by atoms with E-state index in [1.165, 1.54) is 19.3 Å². The summed E-state index contributed by atoms with van der Waals surface area (Å²) in [4.78, 5) is 0.433. The molecule has 1 aliphatic rings. The van der Waals surface area contributed by atoms with Crippen molar-refractivity contribution in [3.05, 3.63) is 29.8 Å². The standard InChI is InChI=1S/C15H24N2O2S.C3H8/c1-13-5-7-15(8-6-13)20(18,19)11-3-10-17-14-4-2-9-16-12-14;1-3-2/h5-8,14,16-17H,2-4,9-12H2,1H3;3H2,1-2H3. The number of hydrogen-bond donors (Lipinski definition) is 2. The number of piperidine rings is 1. The molecule has 1 aliphatic heterocycles. The Balaban J connectivity index is 0.000000816. The average Bonchev–Trinajstić information content (AvgIpc) is 2.54. The summed E-state index contributed by atoms with van der Waals surface area (Å²) >= 11 is 0. The van der Waals surface area contributed by atoms with Gasteiger partial charge in [0.2, 0.25) is 0 Å². The predicted octanol–water partition coefficient (Wildman–Crippen LogP) is 2.92. The maximum absolute atomic E-state index is 12.2. The molecule has 23 heavy (non-hydrogen) atoms. The molecule has 1 atom stereocenters. The Morgan fingerprint density at radius 3 is 2.43 bits per heavy atom. The summed E-state index contributed by atoms with van der Waals surface area (Å²) in [7, 11) is -3.14. The largest absolute Gasteiger partial charge is 0.315 e. The molecule has 0 spiro atoms. The lowest BCUT2D eigenvalue weighted by Crippen LogP contribution is -2.43. The van der Waals surface area contributed by atoms with Crippen molar-refractivity contribution in [3.8, 4) is 0 Å². The molecule has 2 N–H and O–H groups in total. The average molecular weight is 341 g/mol. The molecule has 1 fully saturated rings. The topological polar surface area (TPSA) is 58.2 Å². The summed E-state index contributed by atoms with van der Waals surface area (Å²) in [6.45, 7) is 9.06. The van der Waals surface area contributed by atoms with E-state index in [4.69, 9.17) is 0 Å². The summed E-state index contributed by atoms with van der Waals surface area (Å²) in [5.41, 5.74) is 1.08. The van der Waals surface area contributed by atoms with Crippen molar-refractivity contribution in [3.63, 3.8) is 0 Å². The lowest BCUT2D eigenvalue weighted by Gasteiger charge is -2.23. The molecule has 1 heterocycles. The minimum atomic E-state index is -3.14. The number of benzene rings is 1. The number of rotatable bonds is 6. The summed E-state index contributed by atoms with van der Waals surface area (Å²) < 4.78 is 24.3. The van der Waals surface area contributed by atoms with Gasteiger partial charge in [-0.3, -0.25) is 0 Å². The molecular weight excluding hydrogens is 308 g/mol. The first-order chi connectivity index (χ1) is 11.0. The first kappa shape index (κ1) is 20.1. The van der Waals surface area contributed by atoms with Crippen molar-refractivity contribution in [1.29, 1.82) is 0 Å². The van der Waals surface area contributed by atoms with Crippen LogP contribution in [-0.4, -0.2) is 39.8 Å². The number of sulfone groups is 1. The van der Waals surface area contributed by atoms with Crippen molar-refractivity contribution < 1.29 is 8.42 Å². The zero-order valence-electron chi connectivity index (χ0n) is 14.8. The normalized spacial score (nSPS) is 18.1. The minimum absolute atomic E-state index is 0.212. The van der Waals surface area contributed by atoms with Gasteiger partial charge in [0.25, 0.3) is 0 Å². The first-order valence-corrected chi connectivity index (χ1v) is 10.4. The van der Waals surface area contributed by atoms with Crippen LogP contribution in [0.1, 0.15) is 45.1 Å². The lowest BCUT2D eigenvalue weighted by atomic mass is 10.1. The fourth-order valence-corrected chi connectivity index (χ4v) is 3.77. The molecule has 0 radical (unpaired) electrons. The second-order valence-electron chi connectivity index (χ2n) is 6.19. The molecule has 0 saturated carbocycles. The van der Waals surface area contributed by atoms with Gasteiger partial charge in [-0.2, -0.15) is 0 Å². The lowest BCUT2D eigenvalue weighted by molar-refractivity contribution is 0.391. The van der Waals surface area contributed by atoms with Crippen LogP contribution < -0.4 is 10.6 Å². The van der Waals surface area contributed by atoms with Crippen LogP contribution in [0.5, 0.6) is 0 Å². The van der Waals surface area contributed by atoms with E-state index in [-0.39, 0.29) is 5.75 Å². The van der Waals surface area contributed by atoms with Gasteiger partial charge in [-0.1, -0.05) is 38.0 Å². The fraction of sp³-hybridized carbons (Fsp3) is 0.667. The fourth-order valence-electron chi connectivity index (χ4n) is 2.46. The smallest absolute Gasteiger partial charge is 0.178 e. The van der Waals surface area contributed by atoms with Gasteiger partial charge in [0.15, 0.2) is 9.84 Å². The molecule has 1 saturated heterocycles. The third kappa shape index (κ3) is 7.95. The SMILES string of the molecule is CCC.Cc1ccc(S(=O)(=O)CCCNC2CCCNC2)cc1. The Bertz CT molecular complexity index is 520. The van der Waals surface area contributed by atoms with E-state index in [0.717, 1.165) is 25.2 Å². The van der Waals surface area contributed by atoms with Gasteiger partial charge in [0, 0.05) is 12.6 Å². The highest BCUT2D eigenvalue weighted by Gasteiger charge is 2.15. The highest BCUT2D eigenvalue weighted by atomic mass is 32.2. The molecular formula is C18H32N2O2S. The van der Waals surface area contributed by atoms with E-state index in [2.05, 4.69) is 24.5 Å². The number of nitrogens with one attached hydrogen (secondary N) is 2. The molecule has 0 aromatic heterocycles. The van der Waals surface area contributed by atoms with Crippen LogP contribution in [0.2, 0.25) is 0 Å². The predicted molar refractivity (Wildman–Crippen MR) is 97.7 cm³/mol. The van der Waals surface area contributed by atoms with Gasteiger partial charge < -0.3 is 10.6 Å². The van der Waals surface area contributed by atoms with Crippen molar-refractivity contribution in [2.75, 3.05) is 25.4 Å². The van der Waals surface area contributed by atoms with E-state index in [1.54, 1.807) is 12.1 Å². The van der Waals surface area contributed by atoms with Crippen LogP contribution in [-0.2, 0) is 9.84 Å². The Labute approximate surface area is 142 Å². The van der Waals surface area contributed by atoms with E-state index in [9.17, 15) is 8.42 Å². The molecule has 0 aliphatic carbocycles. The second kappa shape index (κ2) is 10.8. The highest BCUT2D eigenvalue weighted by molar-refractivity contribution is 7.91. The third-order valence-electron chi connectivity index (χ3n) is 3.70. The van der Waals surface area contributed by atoms with E-state index in [0.29, 0.717) is 17.4 Å². The second-order valence-corrected chi connectivity index (χ2v) is 8.30. The molecule has 132 valence electrons. The van der Waals surface area contributed by atoms with Gasteiger partial charge in [-0.15, -0.1) is 0 Å². The van der Waals surface area contributed by atoms with Gasteiger partial charge >= 0.3 is 0 Å². The summed E-state index contributed by atoms with van der Waals surface area (Å²) in [6.07, 6.45) is 4.28.